The fourth-order valence-electron chi connectivity index (χ4n) is 2.32. The van der Waals surface area contributed by atoms with Gasteiger partial charge in [0, 0.05) is 12.7 Å². The minimum Gasteiger partial charge on any atom is -0.490 e. The van der Waals surface area contributed by atoms with Gasteiger partial charge in [-0.05, 0) is 45.2 Å². The smallest absolute Gasteiger partial charge is 0.410 e. The molecular formula is C18H26N2O4. The maximum atomic E-state index is 12.1. The Morgan fingerprint density at radius 1 is 1.42 bits per heavy atom. The maximum absolute atomic E-state index is 12.1. The van der Waals surface area contributed by atoms with Crippen LogP contribution in [0.15, 0.2) is 30.6 Å². The van der Waals surface area contributed by atoms with Crippen LogP contribution in [0.4, 0.5) is 4.79 Å². The highest BCUT2D eigenvalue weighted by atomic mass is 16.6. The molecule has 1 aromatic rings. The molecule has 0 aromatic carbocycles. The van der Waals surface area contributed by atoms with E-state index in [9.17, 15) is 4.79 Å². The van der Waals surface area contributed by atoms with Gasteiger partial charge >= 0.3 is 6.09 Å². The summed E-state index contributed by atoms with van der Waals surface area (Å²) in [6.45, 7) is 6.74. The summed E-state index contributed by atoms with van der Waals surface area (Å²) in [7, 11) is 0. The Morgan fingerprint density at radius 2 is 2.21 bits per heavy atom. The van der Waals surface area contributed by atoms with Crippen molar-refractivity contribution < 1.29 is 19.4 Å². The fraction of sp³-hybridized carbons (Fsp3) is 0.556. The summed E-state index contributed by atoms with van der Waals surface area (Å²) < 4.78 is 11.2. The van der Waals surface area contributed by atoms with Gasteiger partial charge in [-0.25, -0.2) is 4.79 Å². The molecule has 0 bridgehead atoms. The highest BCUT2D eigenvalue weighted by molar-refractivity contribution is 5.69. The molecule has 0 radical (unpaired) electrons. The van der Waals surface area contributed by atoms with Gasteiger partial charge in [-0.2, -0.15) is 0 Å². The number of nitrogens with zero attached hydrogens (tertiary/aromatic N) is 2. The number of carbonyl (C=O) groups is 1. The second-order valence-corrected chi connectivity index (χ2v) is 6.81. The van der Waals surface area contributed by atoms with Crippen LogP contribution in [0, 0.1) is 0 Å². The summed E-state index contributed by atoms with van der Waals surface area (Å²) in [5.74, 6) is 0.681. The van der Waals surface area contributed by atoms with Gasteiger partial charge in [0.15, 0.2) is 0 Å². The van der Waals surface area contributed by atoms with Crippen molar-refractivity contribution >= 4 is 6.09 Å². The Bertz CT molecular complexity index is 581. The number of pyridine rings is 1. The van der Waals surface area contributed by atoms with E-state index in [1.54, 1.807) is 23.4 Å². The van der Waals surface area contributed by atoms with Crippen LogP contribution in [0.5, 0.6) is 5.75 Å². The average molecular weight is 334 g/mol. The van der Waals surface area contributed by atoms with Crippen molar-refractivity contribution in [3.63, 3.8) is 0 Å². The van der Waals surface area contributed by atoms with Gasteiger partial charge in [-0.1, -0.05) is 12.2 Å². The molecule has 1 atom stereocenters. The van der Waals surface area contributed by atoms with Crippen LogP contribution >= 0.6 is 0 Å². The topological polar surface area (TPSA) is 71.9 Å². The van der Waals surface area contributed by atoms with Crippen LogP contribution in [0.3, 0.4) is 0 Å². The summed E-state index contributed by atoms with van der Waals surface area (Å²) in [6.07, 6.45) is 8.32. The molecule has 0 aliphatic carbocycles. The predicted molar refractivity (Wildman–Crippen MR) is 91.0 cm³/mol. The van der Waals surface area contributed by atoms with E-state index in [1.165, 1.54) is 0 Å². The van der Waals surface area contributed by atoms with Crippen LogP contribution < -0.4 is 4.74 Å². The van der Waals surface area contributed by atoms with Gasteiger partial charge in [-0.15, -0.1) is 0 Å². The number of aromatic nitrogens is 1. The molecule has 0 spiro atoms. The van der Waals surface area contributed by atoms with Gasteiger partial charge in [0.05, 0.1) is 18.8 Å². The van der Waals surface area contributed by atoms with E-state index in [2.05, 4.69) is 4.98 Å². The van der Waals surface area contributed by atoms with Gasteiger partial charge in [0.1, 0.15) is 18.0 Å². The second kappa shape index (κ2) is 8.15. The molecule has 6 nitrogen and oxygen atoms in total. The number of hydrogen-bond acceptors (Lipinski definition) is 5. The van der Waals surface area contributed by atoms with E-state index in [0.717, 1.165) is 12.0 Å². The fourth-order valence-corrected chi connectivity index (χ4v) is 2.32. The van der Waals surface area contributed by atoms with Gasteiger partial charge in [0.25, 0.3) is 0 Å². The number of allylic oxidation sites excluding steroid dienone is 1. The molecular weight excluding hydrogens is 308 g/mol. The molecule has 1 fully saturated rings. The Hall–Kier alpha value is -2.08. The number of aliphatic hydroxyl groups is 1. The summed E-state index contributed by atoms with van der Waals surface area (Å²) in [4.78, 5) is 17.9. The van der Waals surface area contributed by atoms with Gasteiger partial charge in [0.2, 0.25) is 0 Å². The zero-order valence-electron chi connectivity index (χ0n) is 14.6. The first-order chi connectivity index (χ1) is 11.4. The Balaban J connectivity index is 1.84. The van der Waals surface area contributed by atoms with Crippen LogP contribution in [0.2, 0.25) is 0 Å². The van der Waals surface area contributed by atoms with Crippen LogP contribution in [-0.4, -0.2) is 52.5 Å². The first-order valence-corrected chi connectivity index (χ1v) is 8.21. The van der Waals surface area contributed by atoms with E-state index in [0.29, 0.717) is 25.3 Å². The molecule has 24 heavy (non-hydrogen) atoms. The molecule has 2 heterocycles. The number of likely N-dealkylation sites (tertiary alicyclic amines) is 1. The zero-order chi connectivity index (χ0) is 17.6. The molecule has 2 rings (SSSR count). The normalized spacial score (nSPS) is 17.7. The molecule has 6 heteroatoms. The van der Waals surface area contributed by atoms with Crippen LogP contribution in [0.1, 0.15) is 32.8 Å². The first kappa shape index (κ1) is 18.3. The van der Waals surface area contributed by atoms with E-state index in [4.69, 9.17) is 14.6 Å². The monoisotopic (exact) mass is 334 g/mol. The standard InChI is InChI=1S/C18H26N2O4/c1-18(2,3)24-17(22)20-8-7-15(20)13-23-16-10-14(11-19-12-16)6-4-5-9-21/h4-5,10-12,15,21H,6-9,13H2,1-3H3/t15-/m0/s1. The van der Waals surface area contributed by atoms with Crippen molar-refractivity contribution in [2.24, 2.45) is 0 Å². The quantitative estimate of drug-likeness (QED) is 0.810. The van der Waals surface area contributed by atoms with E-state index in [-0.39, 0.29) is 18.7 Å². The van der Waals surface area contributed by atoms with Gasteiger partial charge in [-0.3, -0.25) is 4.98 Å². The Morgan fingerprint density at radius 3 is 2.83 bits per heavy atom. The van der Waals surface area contributed by atoms with E-state index >= 15 is 0 Å². The molecule has 1 aromatic heterocycles. The molecule has 132 valence electrons. The lowest BCUT2D eigenvalue weighted by Gasteiger charge is -2.40. The molecule has 1 saturated heterocycles. The third kappa shape index (κ3) is 5.53. The summed E-state index contributed by atoms with van der Waals surface area (Å²) in [6, 6.07) is 1.96. The van der Waals surface area contributed by atoms with Crippen molar-refractivity contribution in [1.82, 2.24) is 9.88 Å². The Kier molecular flexibility index (Phi) is 6.20. The predicted octanol–water partition coefficient (Wildman–Crippen LogP) is 2.56. The molecule has 1 aliphatic rings. The minimum atomic E-state index is -0.488. The number of aliphatic hydroxyl groups excluding tert-OH is 1. The van der Waals surface area contributed by atoms with E-state index in [1.807, 2.05) is 32.9 Å². The first-order valence-electron chi connectivity index (χ1n) is 8.21. The highest BCUT2D eigenvalue weighted by Gasteiger charge is 2.35. The average Bonchev–Trinajstić information content (AvgIpc) is 2.45. The molecule has 1 aliphatic heterocycles. The SMILES string of the molecule is CC(C)(C)OC(=O)N1CC[C@H]1COc1cncc(CC=CCO)c1. The van der Waals surface area contributed by atoms with Crippen molar-refractivity contribution in [2.45, 2.75) is 45.3 Å². The number of rotatable bonds is 6. The lowest BCUT2D eigenvalue weighted by Crippen LogP contribution is -2.55. The number of hydrogen-bond donors (Lipinski definition) is 1. The largest absolute Gasteiger partial charge is 0.490 e. The molecule has 1 N–H and O–H groups in total. The maximum Gasteiger partial charge on any atom is 0.410 e. The van der Waals surface area contributed by atoms with Crippen molar-refractivity contribution in [1.29, 1.82) is 0 Å². The number of amides is 1. The lowest BCUT2D eigenvalue weighted by atomic mass is 10.1. The van der Waals surface area contributed by atoms with Crippen molar-refractivity contribution in [3.8, 4) is 5.75 Å². The third-order valence-electron chi connectivity index (χ3n) is 3.61. The van der Waals surface area contributed by atoms with Crippen molar-refractivity contribution in [3.05, 3.63) is 36.2 Å². The summed E-state index contributed by atoms with van der Waals surface area (Å²) >= 11 is 0. The van der Waals surface area contributed by atoms with Crippen LogP contribution in [0.25, 0.3) is 0 Å². The molecule has 1 amide bonds. The molecule has 0 saturated carbocycles. The number of ether oxygens (including phenoxy) is 2. The van der Waals surface area contributed by atoms with Gasteiger partial charge < -0.3 is 19.5 Å². The second-order valence-electron chi connectivity index (χ2n) is 6.81. The minimum absolute atomic E-state index is 0.0335. The van der Waals surface area contributed by atoms with Crippen LogP contribution in [-0.2, 0) is 11.2 Å². The van der Waals surface area contributed by atoms with Crippen molar-refractivity contribution in [2.75, 3.05) is 19.8 Å². The highest BCUT2D eigenvalue weighted by Crippen LogP contribution is 2.22. The Labute approximate surface area is 143 Å². The summed E-state index contributed by atoms with van der Waals surface area (Å²) in [5, 5.41) is 8.75. The zero-order valence-corrected chi connectivity index (χ0v) is 14.6. The lowest BCUT2D eigenvalue weighted by molar-refractivity contribution is -0.0141. The third-order valence-corrected chi connectivity index (χ3v) is 3.61. The van der Waals surface area contributed by atoms with E-state index < -0.39 is 5.60 Å². The molecule has 0 unspecified atom stereocenters. The summed E-state index contributed by atoms with van der Waals surface area (Å²) in [5.41, 5.74) is 0.521. The number of carbonyl (C=O) groups excluding carboxylic acids is 1.